The molecule has 0 radical (unpaired) electrons. The molecular formula is C16H23NO4. The van der Waals surface area contributed by atoms with Crippen LogP contribution in [-0.2, 0) is 11.3 Å². The summed E-state index contributed by atoms with van der Waals surface area (Å²) in [6.07, 6.45) is 2.26. The molecule has 5 nitrogen and oxygen atoms in total. The van der Waals surface area contributed by atoms with Gasteiger partial charge >= 0.3 is 5.97 Å². The summed E-state index contributed by atoms with van der Waals surface area (Å²) >= 11 is 0. The first-order chi connectivity index (χ1) is 10.1. The van der Waals surface area contributed by atoms with Gasteiger partial charge in [-0.1, -0.05) is 13.0 Å². The molecule has 1 heterocycles. The van der Waals surface area contributed by atoms with Gasteiger partial charge in [0.2, 0.25) is 0 Å². The molecule has 1 fully saturated rings. The van der Waals surface area contributed by atoms with Crippen LogP contribution in [0.5, 0.6) is 11.5 Å². The standard InChI is InChI=1S/C16H23NO4/c1-4-16(15(18)19)8-5-9-17(16)11-12-6-7-13(20-2)14(10-12)21-3/h6-7,10H,4-5,8-9,11H2,1-3H3,(H,18,19). The van der Waals surface area contributed by atoms with Crippen molar-refractivity contribution in [3.63, 3.8) is 0 Å². The van der Waals surface area contributed by atoms with Crippen LogP contribution in [0, 0.1) is 0 Å². The average Bonchev–Trinajstić information content (AvgIpc) is 2.91. The van der Waals surface area contributed by atoms with E-state index in [1.54, 1.807) is 14.2 Å². The number of ether oxygens (including phenoxy) is 2. The highest BCUT2D eigenvalue weighted by Gasteiger charge is 2.45. The maximum Gasteiger partial charge on any atom is 0.324 e. The Morgan fingerprint density at radius 3 is 2.62 bits per heavy atom. The van der Waals surface area contributed by atoms with Crippen molar-refractivity contribution in [2.45, 2.75) is 38.3 Å². The molecule has 0 amide bonds. The van der Waals surface area contributed by atoms with Crippen molar-refractivity contribution in [3.05, 3.63) is 23.8 Å². The maximum atomic E-state index is 11.7. The molecule has 1 saturated heterocycles. The second kappa shape index (κ2) is 6.35. The van der Waals surface area contributed by atoms with Crippen LogP contribution >= 0.6 is 0 Å². The molecule has 0 aliphatic carbocycles. The number of carbonyl (C=O) groups is 1. The Bertz CT molecular complexity index is 517. The Hall–Kier alpha value is -1.75. The zero-order valence-electron chi connectivity index (χ0n) is 12.9. The van der Waals surface area contributed by atoms with E-state index in [0.717, 1.165) is 18.5 Å². The SMILES string of the molecule is CCC1(C(=O)O)CCCN1Cc1ccc(OC)c(OC)c1. The van der Waals surface area contributed by atoms with Gasteiger partial charge in [-0.2, -0.15) is 0 Å². The van der Waals surface area contributed by atoms with Crippen LogP contribution in [0.25, 0.3) is 0 Å². The molecule has 2 rings (SSSR count). The molecule has 0 saturated carbocycles. The molecule has 1 aliphatic heterocycles. The van der Waals surface area contributed by atoms with Crippen LogP contribution in [0.4, 0.5) is 0 Å². The zero-order valence-corrected chi connectivity index (χ0v) is 12.9. The summed E-state index contributed by atoms with van der Waals surface area (Å²) in [5.74, 6) is 0.636. The van der Waals surface area contributed by atoms with Gasteiger partial charge < -0.3 is 14.6 Å². The monoisotopic (exact) mass is 293 g/mol. The first-order valence-electron chi connectivity index (χ1n) is 7.26. The number of hydrogen-bond donors (Lipinski definition) is 1. The summed E-state index contributed by atoms with van der Waals surface area (Å²) in [4.78, 5) is 13.8. The van der Waals surface area contributed by atoms with E-state index in [9.17, 15) is 9.90 Å². The minimum absolute atomic E-state index is 0.612. The Morgan fingerprint density at radius 2 is 2.05 bits per heavy atom. The number of rotatable bonds is 6. The van der Waals surface area contributed by atoms with Gasteiger partial charge in [0.25, 0.3) is 0 Å². The fourth-order valence-electron chi connectivity index (χ4n) is 3.16. The molecular weight excluding hydrogens is 270 g/mol. The molecule has 1 aromatic carbocycles. The van der Waals surface area contributed by atoms with E-state index < -0.39 is 11.5 Å². The van der Waals surface area contributed by atoms with Crippen molar-refractivity contribution >= 4 is 5.97 Å². The summed E-state index contributed by atoms with van der Waals surface area (Å²) in [6, 6.07) is 5.74. The van der Waals surface area contributed by atoms with Crippen molar-refractivity contribution in [3.8, 4) is 11.5 Å². The first kappa shape index (κ1) is 15.6. The quantitative estimate of drug-likeness (QED) is 0.873. The fourth-order valence-corrected chi connectivity index (χ4v) is 3.16. The third kappa shape index (κ3) is 2.83. The molecule has 116 valence electrons. The van der Waals surface area contributed by atoms with Crippen molar-refractivity contribution in [1.29, 1.82) is 0 Å². The van der Waals surface area contributed by atoms with Gasteiger partial charge in [0, 0.05) is 6.54 Å². The average molecular weight is 293 g/mol. The summed E-state index contributed by atoms with van der Waals surface area (Å²) in [5.41, 5.74) is 0.307. The van der Waals surface area contributed by atoms with Gasteiger partial charge in [0.15, 0.2) is 11.5 Å². The lowest BCUT2D eigenvalue weighted by molar-refractivity contribution is -0.150. The van der Waals surface area contributed by atoms with Crippen molar-refractivity contribution in [1.82, 2.24) is 4.90 Å². The fraction of sp³-hybridized carbons (Fsp3) is 0.562. The largest absolute Gasteiger partial charge is 0.493 e. The van der Waals surface area contributed by atoms with Gasteiger partial charge in [-0.15, -0.1) is 0 Å². The first-order valence-corrected chi connectivity index (χ1v) is 7.26. The van der Waals surface area contributed by atoms with Crippen molar-refractivity contribution < 1.29 is 19.4 Å². The lowest BCUT2D eigenvalue weighted by atomic mass is 9.92. The molecule has 0 bridgehead atoms. The number of aliphatic carboxylic acids is 1. The van der Waals surface area contributed by atoms with E-state index in [1.165, 1.54) is 0 Å². The topological polar surface area (TPSA) is 59.0 Å². The van der Waals surface area contributed by atoms with Crippen LogP contribution in [0.2, 0.25) is 0 Å². The summed E-state index contributed by atoms with van der Waals surface area (Å²) in [5, 5.41) is 9.61. The Balaban J connectivity index is 2.23. The van der Waals surface area contributed by atoms with Crippen molar-refractivity contribution in [2.75, 3.05) is 20.8 Å². The van der Waals surface area contributed by atoms with Gasteiger partial charge in [0.1, 0.15) is 5.54 Å². The molecule has 1 aliphatic rings. The summed E-state index contributed by atoms with van der Waals surface area (Å²) in [6.45, 7) is 3.37. The number of benzene rings is 1. The van der Waals surface area contributed by atoms with Crippen LogP contribution in [0.15, 0.2) is 18.2 Å². The molecule has 0 spiro atoms. The molecule has 1 unspecified atom stereocenters. The van der Waals surface area contributed by atoms with E-state index in [1.807, 2.05) is 25.1 Å². The smallest absolute Gasteiger partial charge is 0.324 e. The predicted molar refractivity (Wildman–Crippen MR) is 79.8 cm³/mol. The van der Waals surface area contributed by atoms with E-state index in [0.29, 0.717) is 30.9 Å². The minimum atomic E-state index is -0.729. The Labute approximate surface area is 125 Å². The van der Waals surface area contributed by atoms with Gasteiger partial charge in [0.05, 0.1) is 14.2 Å². The molecule has 1 atom stereocenters. The highest BCUT2D eigenvalue weighted by atomic mass is 16.5. The second-order valence-corrected chi connectivity index (χ2v) is 5.40. The number of carboxylic acids is 1. The molecule has 21 heavy (non-hydrogen) atoms. The number of hydrogen-bond acceptors (Lipinski definition) is 4. The lowest BCUT2D eigenvalue weighted by Crippen LogP contribution is -2.49. The van der Waals surface area contributed by atoms with Gasteiger partial charge in [-0.25, -0.2) is 0 Å². The second-order valence-electron chi connectivity index (χ2n) is 5.40. The third-order valence-electron chi connectivity index (χ3n) is 4.43. The number of likely N-dealkylation sites (tertiary alicyclic amines) is 1. The minimum Gasteiger partial charge on any atom is -0.493 e. The van der Waals surface area contributed by atoms with Gasteiger partial charge in [-0.05, 0) is 43.5 Å². The van der Waals surface area contributed by atoms with Crippen LogP contribution in [0.1, 0.15) is 31.7 Å². The third-order valence-corrected chi connectivity index (χ3v) is 4.43. The molecule has 0 aromatic heterocycles. The molecule has 1 N–H and O–H groups in total. The summed E-state index contributed by atoms with van der Waals surface area (Å²) in [7, 11) is 3.20. The van der Waals surface area contributed by atoms with Crippen LogP contribution in [0.3, 0.4) is 0 Å². The van der Waals surface area contributed by atoms with E-state index in [4.69, 9.17) is 9.47 Å². The highest BCUT2D eigenvalue weighted by molar-refractivity contribution is 5.79. The molecule has 1 aromatic rings. The Morgan fingerprint density at radius 1 is 1.33 bits per heavy atom. The van der Waals surface area contributed by atoms with E-state index in [-0.39, 0.29) is 0 Å². The van der Waals surface area contributed by atoms with Gasteiger partial charge in [-0.3, -0.25) is 9.69 Å². The normalized spacial score (nSPS) is 22.2. The number of methoxy groups -OCH3 is 2. The van der Waals surface area contributed by atoms with Crippen molar-refractivity contribution in [2.24, 2.45) is 0 Å². The number of nitrogens with zero attached hydrogens (tertiary/aromatic N) is 1. The van der Waals surface area contributed by atoms with E-state index >= 15 is 0 Å². The summed E-state index contributed by atoms with van der Waals surface area (Å²) < 4.78 is 10.5. The maximum absolute atomic E-state index is 11.7. The lowest BCUT2D eigenvalue weighted by Gasteiger charge is -2.34. The molecule has 5 heteroatoms. The van der Waals surface area contributed by atoms with E-state index in [2.05, 4.69) is 4.90 Å². The highest BCUT2D eigenvalue weighted by Crippen LogP contribution is 2.35. The number of carboxylic acid groups (broad SMARTS) is 1. The predicted octanol–water partition coefficient (Wildman–Crippen LogP) is 2.53. The van der Waals surface area contributed by atoms with Crippen LogP contribution < -0.4 is 9.47 Å². The Kier molecular flexibility index (Phi) is 4.73. The van der Waals surface area contributed by atoms with Crippen LogP contribution in [-0.4, -0.2) is 42.3 Å². The zero-order chi connectivity index (χ0) is 15.5.